The van der Waals surface area contributed by atoms with Crippen molar-refractivity contribution < 1.29 is 29.0 Å². The Hall–Kier alpha value is -3.39. The van der Waals surface area contributed by atoms with Gasteiger partial charge in [-0.2, -0.15) is 0 Å². The van der Waals surface area contributed by atoms with Crippen LogP contribution in [-0.4, -0.2) is 66.4 Å². The molecule has 4 rings (SSSR count). The molecule has 8 nitrogen and oxygen atoms in total. The summed E-state index contributed by atoms with van der Waals surface area (Å²) in [6.07, 6.45) is -0.235. The summed E-state index contributed by atoms with van der Waals surface area (Å²) in [5, 5.41) is 12.1. The van der Waals surface area contributed by atoms with Gasteiger partial charge in [0.15, 0.2) is 0 Å². The number of amides is 2. The van der Waals surface area contributed by atoms with Crippen molar-refractivity contribution in [3.63, 3.8) is 0 Å². The normalized spacial score (nSPS) is 20.9. The molecule has 2 N–H and O–H groups in total. The predicted molar refractivity (Wildman–Crippen MR) is 130 cm³/mol. The number of carboxylic acid groups (broad SMARTS) is 1. The monoisotopic (exact) mass is 480 g/mol. The van der Waals surface area contributed by atoms with Crippen molar-refractivity contribution >= 4 is 18.0 Å². The molecular weight excluding hydrogens is 448 g/mol. The average molecular weight is 481 g/mol. The summed E-state index contributed by atoms with van der Waals surface area (Å²) in [6, 6.07) is 15.0. The van der Waals surface area contributed by atoms with E-state index in [1.807, 2.05) is 43.3 Å². The molecule has 0 spiro atoms. The topological polar surface area (TPSA) is 105 Å². The number of hydrogen-bond acceptors (Lipinski definition) is 5. The molecule has 0 saturated carbocycles. The number of nitrogens with zero attached hydrogens (tertiary/aromatic N) is 1. The van der Waals surface area contributed by atoms with Crippen molar-refractivity contribution in [3.05, 3.63) is 59.7 Å². The summed E-state index contributed by atoms with van der Waals surface area (Å²) in [6.45, 7) is 3.81. The van der Waals surface area contributed by atoms with Crippen molar-refractivity contribution in [1.29, 1.82) is 0 Å². The molecular formula is C27H32N2O6. The number of fused-ring (bicyclic) bond motifs is 3. The van der Waals surface area contributed by atoms with Crippen LogP contribution in [0.1, 0.15) is 43.7 Å². The van der Waals surface area contributed by atoms with E-state index in [2.05, 4.69) is 17.4 Å². The van der Waals surface area contributed by atoms with Crippen LogP contribution in [0.2, 0.25) is 0 Å². The molecule has 1 saturated heterocycles. The third-order valence-electron chi connectivity index (χ3n) is 7.24. The first-order chi connectivity index (χ1) is 16.8. The maximum Gasteiger partial charge on any atom is 0.407 e. The quantitative estimate of drug-likeness (QED) is 0.627. The minimum atomic E-state index is -0.995. The largest absolute Gasteiger partial charge is 0.481 e. The molecule has 4 atom stereocenters. The van der Waals surface area contributed by atoms with Crippen LogP contribution in [0.4, 0.5) is 4.79 Å². The number of benzene rings is 2. The molecule has 1 fully saturated rings. The molecule has 186 valence electrons. The van der Waals surface area contributed by atoms with Gasteiger partial charge < -0.3 is 24.8 Å². The Morgan fingerprint density at radius 2 is 1.66 bits per heavy atom. The second kappa shape index (κ2) is 10.5. The van der Waals surface area contributed by atoms with Crippen LogP contribution in [0.3, 0.4) is 0 Å². The lowest BCUT2D eigenvalue weighted by molar-refractivity contribution is -0.149. The highest BCUT2D eigenvalue weighted by molar-refractivity contribution is 5.87. The highest BCUT2D eigenvalue weighted by Crippen LogP contribution is 2.44. The summed E-state index contributed by atoms with van der Waals surface area (Å²) in [4.78, 5) is 39.3. The van der Waals surface area contributed by atoms with E-state index >= 15 is 0 Å². The fourth-order valence-electron chi connectivity index (χ4n) is 5.08. The van der Waals surface area contributed by atoms with Crippen molar-refractivity contribution in [1.82, 2.24) is 10.2 Å². The molecule has 35 heavy (non-hydrogen) atoms. The Bertz CT molecular complexity index is 1060. The number of rotatable bonds is 7. The first-order valence-corrected chi connectivity index (χ1v) is 12.0. The molecule has 8 heteroatoms. The molecule has 1 aliphatic heterocycles. The fraction of sp³-hybridized carbons (Fsp3) is 0.444. The van der Waals surface area contributed by atoms with Crippen LogP contribution < -0.4 is 5.32 Å². The maximum absolute atomic E-state index is 13.4. The van der Waals surface area contributed by atoms with Crippen molar-refractivity contribution in [2.45, 2.75) is 50.8 Å². The molecule has 1 heterocycles. The van der Waals surface area contributed by atoms with Gasteiger partial charge >= 0.3 is 12.1 Å². The second-order valence-corrected chi connectivity index (χ2v) is 9.34. The van der Waals surface area contributed by atoms with Crippen LogP contribution in [0.5, 0.6) is 0 Å². The standard InChI is InChI=1S/C27H32N2O6/c1-16-12-13-18(26(31)32)14-29(16)25(30)24(17(2)34-3)28-27(33)35-15-23-21-10-6-4-8-19(21)20-9-5-7-11-22(20)23/h4-11,16-18,23-24H,12-15H2,1-3H3,(H,28,33)(H,31,32). The molecule has 2 aliphatic rings. The van der Waals surface area contributed by atoms with E-state index in [9.17, 15) is 19.5 Å². The number of piperidine rings is 1. The highest BCUT2D eigenvalue weighted by Gasteiger charge is 2.38. The smallest absolute Gasteiger partial charge is 0.407 e. The van der Waals surface area contributed by atoms with Gasteiger partial charge in [-0.3, -0.25) is 9.59 Å². The van der Waals surface area contributed by atoms with E-state index in [1.54, 1.807) is 6.92 Å². The lowest BCUT2D eigenvalue weighted by Gasteiger charge is -2.39. The van der Waals surface area contributed by atoms with E-state index < -0.39 is 30.1 Å². The first-order valence-electron chi connectivity index (χ1n) is 12.0. The lowest BCUT2D eigenvalue weighted by Crippen LogP contribution is -2.58. The van der Waals surface area contributed by atoms with Gasteiger partial charge in [0.1, 0.15) is 12.6 Å². The third kappa shape index (κ3) is 5.03. The fourth-order valence-corrected chi connectivity index (χ4v) is 5.08. The summed E-state index contributed by atoms with van der Waals surface area (Å²) < 4.78 is 11.0. The zero-order valence-electron chi connectivity index (χ0n) is 20.3. The zero-order valence-corrected chi connectivity index (χ0v) is 20.3. The highest BCUT2D eigenvalue weighted by atomic mass is 16.5. The average Bonchev–Trinajstić information content (AvgIpc) is 3.19. The summed E-state index contributed by atoms with van der Waals surface area (Å²) >= 11 is 0. The first kappa shape index (κ1) is 24.7. The summed E-state index contributed by atoms with van der Waals surface area (Å²) in [5.41, 5.74) is 4.46. The van der Waals surface area contributed by atoms with Gasteiger partial charge in [-0.15, -0.1) is 0 Å². The van der Waals surface area contributed by atoms with Gasteiger partial charge in [-0.05, 0) is 48.9 Å². The Morgan fingerprint density at radius 1 is 1.06 bits per heavy atom. The second-order valence-electron chi connectivity index (χ2n) is 9.34. The number of likely N-dealkylation sites (tertiary alicyclic amines) is 1. The number of carbonyl (C=O) groups is 3. The molecule has 0 aromatic heterocycles. The Morgan fingerprint density at radius 3 is 2.23 bits per heavy atom. The van der Waals surface area contributed by atoms with Crippen LogP contribution in [0, 0.1) is 5.92 Å². The minimum absolute atomic E-state index is 0.0967. The van der Waals surface area contributed by atoms with Gasteiger partial charge in [0, 0.05) is 25.6 Å². The van der Waals surface area contributed by atoms with E-state index in [1.165, 1.54) is 12.0 Å². The molecule has 0 radical (unpaired) electrons. The number of alkyl carbamates (subject to hydrolysis) is 1. The number of methoxy groups -OCH3 is 1. The summed E-state index contributed by atoms with van der Waals surface area (Å²) in [5.74, 6) is -2.01. The minimum Gasteiger partial charge on any atom is -0.481 e. The van der Waals surface area contributed by atoms with E-state index in [0.717, 1.165) is 22.3 Å². The van der Waals surface area contributed by atoms with Crippen molar-refractivity contribution in [3.8, 4) is 11.1 Å². The lowest BCUT2D eigenvalue weighted by atomic mass is 9.92. The predicted octanol–water partition coefficient (Wildman–Crippen LogP) is 3.64. The van der Waals surface area contributed by atoms with Crippen LogP contribution in [0.25, 0.3) is 11.1 Å². The number of hydrogen-bond donors (Lipinski definition) is 2. The Labute approximate surface area is 205 Å². The Balaban J connectivity index is 1.45. The third-order valence-corrected chi connectivity index (χ3v) is 7.24. The van der Waals surface area contributed by atoms with E-state index in [0.29, 0.717) is 12.8 Å². The van der Waals surface area contributed by atoms with Gasteiger partial charge in [-0.1, -0.05) is 48.5 Å². The van der Waals surface area contributed by atoms with Gasteiger partial charge in [0.05, 0.1) is 12.0 Å². The number of aliphatic carboxylic acids is 1. The van der Waals surface area contributed by atoms with Crippen LogP contribution in [0.15, 0.2) is 48.5 Å². The van der Waals surface area contributed by atoms with Crippen molar-refractivity contribution in [2.24, 2.45) is 5.92 Å². The SMILES string of the molecule is COC(C)C(NC(=O)OCC1c2ccccc2-c2ccccc21)C(=O)N1CC(C(=O)O)CCC1C. The molecule has 1 aliphatic carbocycles. The molecule has 4 unspecified atom stereocenters. The number of carbonyl (C=O) groups excluding carboxylic acids is 2. The summed E-state index contributed by atoms with van der Waals surface area (Å²) in [7, 11) is 1.46. The molecule has 2 aromatic rings. The van der Waals surface area contributed by atoms with Gasteiger partial charge in [-0.25, -0.2) is 4.79 Å². The number of carboxylic acids is 1. The van der Waals surface area contributed by atoms with E-state index in [-0.39, 0.29) is 31.0 Å². The van der Waals surface area contributed by atoms with Crippen LogP contribution in [-0.2, 0) is 19.1 Å². The zero-order chi connectivity index (χ0) is 25.1. The maximum atomic E-state index is 13.4. The molecule has 2 aromatic carbocycles. The number of ether oxygens (including phenoxy) is 2. The van der Waals surface area contributed by atoms with Crippen LogP contribution >= 0.6 is 0 Å². The van der Waals surface area contributed by atoms with E-state index in [4.69, 9.17) is 9.47 Å². The Kier molecular flexibility index (Phi) is 7.40. The van der Waals surface area contributed by atoms with Gasteiger partial charge in [0.2, 0.25) is 5.91 Å². The number of nitrogens with one attached hydrogen (secondary N) is 1. The van der Waals surface area contributed by atoms with Crippen molar-refractivity contribution in [2.75, 3.05) is 20.3 Å². The molecule has 2 amide bonds. The van der Waals surface area contributed by atoms with Gasteiger partial charge in [0.25, 0.3) is 0 Å². The molecule has 0 bridgehead atoms.